The molecule has 0 bridgehead atoms. The van der Waals surface area contributed by atoms with Crippen LogP contribution in [-0.2, 0) is 16.6 Å². The summed E-state index contributed by atoms with van der Waals surface area (Å²) in [5.41, 5.74) is 0.762. The zero-order chi connectivity index (χ0) is 16.4. The van der Waals surface area contributed by atoms with Gasteiger partial charge in [-0.3, -0.25) is 0 Å². The lowest BCUT2D eigenvalue weighted by atomic mass is 10.2. The van der Waals surface area contributed by atoms with Gasteiger partial charge in [-0.05, 0) is 35.9 Å². The average molecular weight is 356 g/mol. The summed E-state index contributed by atoms with van der Waals surface area (Å²) in [6, 6.07) is 9.56. The van der Waals surface area contributed by atoms with Gasteiger partial charge in [0.15, 0.2) is 11.5 Å². The maximum Gasteiger partial charge on any atom is 0.240 e. The van der Waals surface area contributed by atoms with Crippen molar-refractivity contribution >= 4 is 21.6 Å². The molecule has 1 N–H and O–H groups in total. The summed E-state index contributed by atoms with van der Waals surface area (Å²) in [5.74, 6) is 1.68. The molecule has 122 valence electrons. The van der Waals surface area contributed by atoms with Gasteiger partial charge in [0.25, 0.3) is 0 Å². The number of nitrogens with one attached hydrogen (secondary N) is 1. The van der Waals surface area contributed by atoms with E-state index in [2.05, 4.69) is 4.72 Å². The van der Waals surface area contributed by atoms with Crippen molar-refractivity contribution < 1.29 is 22.6 Å². The number of methoxy groups -OCH3 is 1. The number of benzene rings is 2. The van der Waals surface area contributed by atoms with Crippen molar-refractivity contribution in [3.63, 3.8) is 0 Å². The van der Waals surface area contributed by atoms with Gasteiger partial charge in [0.05, 0.1) is 17.0 Å². The van der Waals surface area contributed by atoms with Crippen LogP contribution < -0.4 is 18.9 Å². The SMILES string of the molecule is COc1ccc(S(=O)(=O)NCc2ccc3c(c2)OCO3)cc1Cl. The zero-order valence-corrected chi connectivity index (χ0v) is 13.8. The van der Waals surface area contributed by atoms with Gasteiger partial charge in [0.1, 0.15) is 5.75 Å². The topological polar surface area (TPSA) is 73.9 Å². The first-order chi connectivity index (χ1) is 11.0. The van der Waals surface area contributed by atoms with Crippen LogP contribution in [0.3, 0.4) is 0 Å². The second-order valence-electron chi connectivity index (χ2n) is 4.81. The molecule has 6 nitrogen and oxygen atoms in total. The Hall–Kier alpha value is -1.96. The number of ether oxygens (including phenoxy) is 3. The summed E-state index contributed by atoms with van der Waals surface area (Å²) < 4.78 is 42.7. The maximum atomic E-state index is 12.3. The minimum absolute atomic E-state index is 0.0732. The van der Waals surface area contributed by atoms with Crippen molar-refractivity contribution in [2.45, 2.75) is 11.4 Å². The van der Waals surface area contributed by atoms with Crippen LogP contribution in [0.15, 0.2) is 41.3 Å². The second kappa shape index (κ2) is 6.27. The first kappa shape index (κ1) is 15.9. The monoisotopic (exact) mass is 355 g/mol. The molecule has 0 amide bonds. The third-order valence-corrected chi connectivity index (χ3v) is 5.03. The first-order valence-electron chi connectivity index (χ1n) is 6.71. The molecule has 1 aliphatic heterocycles. The van der Waals surface area contributed by atoms with Gasteiger partial charge in [-0.15, -0.1) is 0 Å². The smallest absolute Gasteiger partial charge is 0.240 e. The lowest BCUT2D eigenvalue weighted by molar-refractivity contribution is 0.174. The summed E-state index contributed by atoms with van der Waals surface area (Å²) in [6.45, 7) is 0.303. The van der Waals surface area contributed by atoms with Gasteiger partial charge in [0.2, 0.25) is 16.8 Å². The molecule has 0 fully saturated rings. The molecule has 2 aromatic carbocycles. The van der Waals surface area contributed by atoms with Gasteiger partial charge in [-0.1, -0.05) is 17.7 Å². The third-order valence-electron chi connectivity index (χ3n) is 3.34. The number of hydrogen-bond donors (Lipinski definition) is 1. The van der Waals surface area contributed by atoms with Crippen LogP contribution in [0.25, 0.3) is 0 Å². The fourth-order valence-electron chi connectivity index (χ4n) is 2.13. The molecule has 0 atom stereocenters. The van der Waals surface area contributed by atoms with E-state index in [1.807, 2.05) is 0 Å². The normalized spacial score (nSPS) is 13.1. The highest BCUT2D eigenvalue weighted by Gasteiger charge is 2.17. The van der Waals surface area contributed by atoms with Crippen LogP contribution in [0.1, 0.15) is 5.56 Å². The largest absolute Gasteiger partial charge is 0.495 e. The van der Waals surface area contributed by atoms with E-state index in [1.54, 1.807) is 18.2 Å². The minimum atomic E-state index is -3.68. The van der Waals surface area contributed by atoms with Crippen molar-refractivity contribution in [3.05, 3.63) is 47.0 Å². The zero-order valence-electron chi connectivity index (χ0n) is 12.2. The molecule has 3 rings (SSSR count). The Morgan fingerprint density at radius 1 is 1.17 bits per heavy atom. The highest BCUT2D eigenvalue weighted by Crippen LogP contribution is 2.32. The summed E-state index contributed by atoms with van der Waals surface area (Å²) in [7, 11) is -2.22. The Bertz CT molecular complexity index is 838. The van der Waals surface area contributed by atoms with Crippen molar-refractivity contribution in [1.29, 1.82) is 0 Å². The van der Waals surface area contributed by atoms with Crippen LogP contribution in [0.2, 0.25) is 5.02 Å². The molecule has 0 aromatic heterocycles. The Labute approximate surface area is 139 Å². The van der Waals surface area contributed by atoms with Crippen LogP contribution in [-0.4, -0.2) is 22.3 Å². The molecule has 0 saturated heterocycles. The van der Waals surface area contributed by atoms with Crippen molar-refractivity contribution in [2.24, 2.45) is 0 Å². The second-order valence-corrected chi connectivity index (χ2v) is 6.98. The molecule has 1 aliphatic rings. The van der Waals surface area contributed by atoms with Gasteiger partial charge in [-0.2, -0.15) is 0 Å². The van der Waals surface area contributed by atoms with E-state index in [0.29, 0.717) is 17.2 Å². The molecule has 8 heteroatoms. The van der Waals surface area contributed by atoms with Gasteiger partial charge in [0, 0.05) is 6.54 Å². The molecular formula is C15H14ClNO5S. The molecule has 0 saturated carbocycles. The third kappa shape index (κ3) is 3.36. The fourth-order valence-corrected chi connectivity index (χ4v) is 3.49. The minimum Gasteiger partial charge on any atom is -0.495 e. The number of fused-ring (bicyclic) bond motifs is 1. The molecule has 0 unspecified atom stereocenters. The Morgan fingerprint density at radius 3 is 2.70 bits per heavy atom. The Morgan fingerprint density at radius 2 is 1.96 bits per heavy atom. The fraction of sp³-hybridized carbons (Fsp3) is 0.200. The van der Waals surface area contributed by atoms with E-state index in [0.717, 1.165) is 5.56 Å². The number of sulfonamides is 1. The summed E-state index contributed by atoms with van der Waals surface area (Å²) in [4.78, 5) is 0.0732. The Kier molecular flexibility index (Phi) is 4.34. The van der Waals surface area contributed by atoms with E-state index in [9.17, 15) is 8.42 Å². The van der Waals surface area contributed by atoms with Gasteiger partial charge >= 0.3 is 0 Å². The average Bonchev–Trinajstić information content (AvgIpc) is 3.00. The quantitative estimate of drug-likeness (QED) is 0.892. The van der Waals surface area contributed by atoms with Crippen molar-refractivity contribution in [3.8, 4) is 17.2 Å². The van der Waals surface area contributed by atoms with E-state index in [4.69, 9.17) is 25.8 Å². The van der Waals surface area contributed by atoms with Crippen LogP contribution >= 0.6 is 11.6 Å². The van der Waals surface area contributed by atoms with Crippen LogP contribution in [0.5, 0.6) is 17.2 Å². The summed E-state index contributed by atoms with van der Waals surface area (Å²) in [5, 5.41) is 0.235. The van der Waals surface area contributed by atoms with Gasteiger partial charge in [-0.25, -0.2) is 13.1 Å². The first-order valence-corrected chi connectivity index (χ1v) is 8.57. The molecule has 0 radical (unpaired) electrons. The predicted molar refractivity (Wildman–Crippen MR) is 84.6 cm³/mol. The molecule has 1 heterocycles. The van der Waals surface area contributed by atoms with E-state index >= 15 is 0 Å². The summed E-state index contributed by atoms with van der Waals surface area (Å²) >= 11 is 5.97. The highest BCUT2D eigenvalue weighted by molar-refractivity contribution is 7.89. The molecule has 23 heavy (non-hydrogen) atoms. The summed E-state index contributed by atoms with van der Waals surface area (Å²) in [6.07, 6.45) is 0. The Balaban J connectivity index is 1.75. The van der Waals surface area contributed by atoms with Crippen LogP contribution in [0, 0.1) is 0 Å². The molecule has 2 aromatic rings. The predicted octanol–water partition coefficient (Wildman–Crippen LogP) is 2.56. The molecule has 0 spiro atoms. The number of rotatable bonds is 5. The molecule has 0 aliphatic carbocycles. The standard InChI is InChI=1S/C15H14ClNO5S/c1-20-13-5-3-11(7-12(13)16)23(18,19)17-8-10-2-4-14-15(6-10)22-9-21-14/h2-7,17H,8-9H2,1H3. The van der Waals surface area contributed by atoms with E-state index in [-0.39, 0.29) is 23.3 Å². The molecular weight excluding hydrogens is 342 g/mol. The highest BCUT2D eigenvalue weighted by atomic mass is 35.5. The number of hydrogen-bond acceptors (Lipinski definition) is 5. The van der Waals surface area contributed by atoms with Crippen molar-refractivity contribution in [1.82, 2.24) is 4.72 Å². The van der Waals surface area contributed by atoms with Gasteiger partial charge < -0.3 is 14.2 Å². The maximum absolute atomic E-state index is 12.3. The van der Waals surface area contributed by atoms with Crippen molar-refractivity contribution in [2.75, 3.05) is 13.9 Å². The number of halogens is 1. The lowest BCUT2D eigenvalue weighted by Gasteiger charge is -2.09. The van der Waals surface area contributed by atoms with E-state index in [1.165, 1.54) is 25.3 Å². The lowest BCUT2D eigenvalue weighted by Crippen LogP contribution is -2.23. The van der Waals surface area contributed by atoms with E-state index < -0.39 is 10.0 Å². The van der Waals surface area contributed by atoms with Crippen LogP contribution in [0.4, 0.5) is 0 Å².